The molecule has 1 unspecified atom stereocenters. The van der Waals surface area contributed by atoms with E-state index in [0.29, 0.717) is 5.91 Å². The Morgan fingerprint density at radius 3 is 2.83 bits per heavy atom. The smallest absolute Gasteiger partial charge is 0.240 e. The van der Waals surface area contributed by atoms with Crippen molar-refractivity contribution in [3.8, 4) is 0 Å². The number of likely N-dealkylation sites (tertiary alicyclic amines) is 1. The number of carbonyl (C=O) groups is 1. The lowest BCUT2D eigenvalue weighted by Crippen LogP contribution is -2.48. The van der Waals surface area contributed by atoms with Gasteiger partial charge in [-0.15, -0.1) is 11.8 Å². The lowest BCUT2D eigenvalue weighted by molar-refractivity contribution is -0.134. The quantitative estimate of drug-likeness (QED) is 0.918. The van der Waals surface area contributed by atoms with Crippen molar-refractivity contribution in [2.24, 2.45) is 5.92 Å². The number of nitrogens with zero attached hydrogens (tertiary/aromatic N) is 2. The average Bonchev–Trinajstić information content (AvgIpc) is 3.25. The van der Waals surface area contributed by atoms with Gasteiger partial charge in [0.05, 0.1) is 6.04 Å². The molecule has 1 amide bonds. The van der Waals surface area contributed by atoms with Gasteiger partial charge in [-0.05, 0) is 36.8 Å². The van der Waals surface area contributed by atoms with E-state index in [1.54, 1.807) is 0 Å². The number of amides is 1. The first-order valence-corrected chi connectivity index (χ1v) is 9.89. The summed E-state index contributed by atoms with van der Waals surface area (Å²) in [5.41, 5.74) is 2.92. The summed E-state index contributed by atoms with van der Waals surface area (Å²) in [6.45, 7) is 4.17. The second-order valence-electron chi connectivity index (χ2n) is 6.87. The van der Waals surface area contributed by atoms with Gasteiger partial charge in [0.1, 0.15) is 0 Å². The van der Waals surface area contributed by atoms with Crippen LogP contribution in [0.15, 0.2) is 24.3 Å². The predicted molar refractivity (Wildman–Crippen MR) is 95.9 cm³/mol. The van der Waals surface area contributed by atoms with Crippen molar-refractivity contribution in [2.75, 3.05) is 42.7 Å². The van der Waals surface area contributed by atoms with Crippen molar-refractivity contribution < 1.29 is 4.79 Å². The molecule has 0 aromatic heterocycles. The molecule has 4 nitrogen and oxygen atoms in total. The van der Waals surface area contributed by atoms with Crippen LogP contribution in [0.5, 0.6) is 0 Å². The third-order valence-corrected chi connectivity index (χ3v) is 6.34. The highest BCUT2D eigenvalue weighted by Gasteiger charge is 2.31. The summed E-state index contributed by atoms with van der Waals surface area (Å²) in [4.78, 5) is 17.1. The van der Waals surface area contributed by atoms with E-state index in [9.17, 15) is 4.79 Å². The molecule has 4 rings (SSSR count). The number of thioether (sulfide) groups is 1. The summed E-state index contributed by atoms with van der Waals surface area (Å²) < 4.78 is 0. The summed E-state index contributed by atoms with van der Waals surface area (Å²) in [5, 5.41) is 3.30. The van der Waals surface area contributed by atoms with Crippen LogP contribution < -0.4 is 10.2 Å². The number of rotatable bonds is 3. The molecule has 2 saturated heterocycles. The predicted octanol–water partition coefficient (Wildman–Crippen LogP) is 1.95. The van der Waals surface area contributed by atoms with Gasteiger partial charge in [0, 0.05) is 43.5 Å². The molecule has 1 aromatic rings. The number of fused-ring (bicyclic) bond motifs is 1. The number of nitrogens with one attached hydrogen (secondary N) is 1. The Labute approximate surface area is 142 Å². The minimum absolute atomic E-state index is 0.0574. The van der Waals surface area contributed by atoms with Crippen molar-refractivity contribution >= 4 is 23.4 Å². The first-order valence-electron chi connectivity index (χ1n) is 8.74. The van der Waals surface area contributed by atoms with Gasteiger partial charge in [-0.1, -0.05) is 18.2 Å². The highest BCUT2D eigenvalue weighted by atomic mass is 32.2. The summed E-state index contributed by atoms with van der Waals surface area (Å²) in [5.74, 6) is 2.89. The van der Waals surface area contributed by atoms with Crippen molar-refractivity contribution in [1.82, 2.24) is 10.2 Å². The van der Waals surface area contributed by atoms with E-state index in [-0.39, 0.29) is 6.04 Å². The molecule has 23 heavy (non-hydrogen) atoms. The number of hydrogen-bond donors (Lipinski definition) is 1. The number of piperidine rings is 1. The van der Waals surface area contributed by atoms with E-state index in [1.165, 1.54) is 17.7 Å². The summed E-state index contributed by atoms with van der Waals surface area (Å²) in [6.07, 6.45) is 3.47. The number of carbonyl (C=O) groups excluding carboxylic acids is 1. The monoisotopic (exact) mass is 331 g/mol. The van der Waals surface area contributed by atoms with Crippen LogP contribution in [0.4, 0.5) is 5.69 Å². The molecule has 124 valence electrons. The number of hydrogen-bond acceptors (Lipinski definition) is 4. The van der Waals surface area contributed by atoms with Gasteiger partial charge in [-0.25, -0.2) is 0 Å². The van der Waals surface area contributed by atoms with Gasteiger partial charge in [-0.3, -0.25) is 10.1 Å². The first kappa shape index (κ1) is 15.3. The number of benzene rings is 1. The lowest BCUT2D eigenvalue weighted by Gasteiger charge is -2.35. The fourth-order valence-corrected chi connectivity index (χ4v) is 4.95. The van der Waals surface area contributed by atoms with E-state index < -0.39 is 0 Å². The lowest BCUT2D eigenvalue weighted by atomic mass is 9.95. The maximum atomic E-state index is 12.5. The fourth-order valence-electron chi connectivity index (χ4n) is 4.02. The second kappa shape index (κ2) is 6.73. The fraction of sp³-hybridized carbons (Fsp3) is 0.611. The third kappa shape index (κ3) is 3.22. The molecular weight excluding hydrogens is 306 g/mol. The molecule has 1 atom stereocenters. The summed E-state index contributed by atoms with van der Waals surface area (Å²) >= 11 is 1.82. The molecular formula is C18H25N3OS. The Kier molecular flexibility index (Phi) is 4.49. The zero-order chi connectivity index (χ0) is 15.6. The molecule has 0 saturated carbocycles. The second-order valence-corrected chi connectivity index (χ2v) is 7.90. The highest BCUT2D eigenvalue weighted by molar-refractivity contribution is 7.99. The molecule has 3 aliphatic rings. The van der Waals surface area contributed by atoms with Crippen molar-refractivity contribution in [1.29, 1.82) is 0 Å². The zero-order valence-corrected chi connectivity index (χ0v) is 14.4. The minimum atomic E-state index is 0.0574. The van der Waals surface area contributed by atoms with Crippen LogP contribution in [0.25, 0.3) is 0 Å². The largest absolute Gasteiger partial charge is 0.371 e. The number of anilines is 1. The Hall–Kier alpha value is -1.20. The minimum Gasteiger partial charge on any atom is -0.371 e. The number of para-hydroxylation sites is 1. The zero-order valence-electron chi connectivity index (χ0n) is 13.5. The Bertz CT molecular complexity index is 565. The van der Waals surface area contributed by atoms with Crippen LogP contribution in [0, 0.1) is 5.92 Å². The van der Waals surface area contributed by atoms with E-state index >= 15 is 0 Å². The molecule has 2 fully saturated rings. The standard InChI is InChI=1S/C18H25N3OS/c22-18(16-12-23-13-19-16)20-8-5-14(6-9-20)11-21-10-7-15-3-1-2-4-17(15)21/h1-4,14,16,19H,5-13H2. The van der Waals surface area contributed by atoms with E-state index in [1.807, 2.05) is 11.8 Å². The molecule has 5 heteroatoms. The molecule has 0 aliphatic carbocycles. The van der Waals surface area contributed by atoms with Gasteiger partial charge in [-0.2, -0.15) is 0 Å². The van der Waals surface area contributed by atoms with Crippen LogP contribution >= 0.6 is 11.8 Å². The van der Waals surface area contributed by atoms with Crippen molar-refractivity contribution in [3.05, 3.63) is 29.8 Å². The van der Waals surface area contributed by atoms with E-state index in [4.69, 9.17) is 0 Å². The summed E-state index contributed by atoms with van der Waals surface area (Å²) in [7, 11) is 0. The molecule has 0 bridgehead atoms. The Morgan fingerprint density at radius 1 is 1.22 bits per heavy atom. The van der Waals surface area contributed by atoms with Gasteiger partial charge in [0.15, 0.2) is 0 Å². The van der Waals surface area contributed by atoms with Crippen molar-refractivity contribution in [2.45, 2.75) is 25.3 Å². The maximum absolute atomic E-state index is 12.5. The van der Waals surface area contributed by atoms with Crippen LogP contribution in [0.2, 0.25) is 0 Å². The van der Waals surface area contributed by atoms with Crippen molar-refractivity contribution in [3.63, 3.8) is 0 Å². The highest BCUT2D eigenvalue weighted by Crippen LogP contribution is 2.30. The molecule has 0 spiro atoms. The Morgan fingerprint density at radius 2 is 2.04 bits per heavy atom. The van der Waals surface area contributed by atoms with E-state index in [2.05, 4.69) is 39.4 Å². The molecule has 1 N–H and O–H groups in total. The van der Waals surface area contributed by atoms with Gasteiger partial charge >= 0.3 is 0 Å². The van der Waals surface area contributed by atoms with Gasteiger partial charge in [0.25, 0.3) is 0 Å². The molecule has 1 aromatic carbocycles. The topological polar surface area (TPSA) is 35.6 Å². The normalized spacial score (nSPS) is 25.0. The molecule has 3 aliphatic heterocycles. The third-order valence-electron chi connectivity index (χ3n) is 5.40. The SMILES string of the molecule is O=C(C1CSCN1)N1CCC(CN2CCc3ccccc32)CC1. The van der Waals surface area contributed by atoms with E-state index in [0.717, 1.165) is 56.6 Å². The van der Waals surface area contributed by atoms with Crippen LogP contribution in [-0.2, 0) is 11.2 Å². The maximum Gasteiger partial charge on any atom is 0.240 e. The average molecular weight is 331 g/mol. The Balaban J connectivity index is 1.30. The van der Waals surface area contributed by atoms with Gasteiger partial charge < -0.3 is 9.80 Å². The first-order chi connectivity index (χ1) is 11.3. The van der Waals surface area contributed by atoms with Crippen LogP contribution in [0.1, 0.15) is 18.4 Å². The van der Waals surface area contributed by atoms with Gasteiger partial charge in [0.2, 0.25) is 5.91 Å². The van der Waals surface area contributed by atoms with Crippen LogP contribution in [-0.4, -0.2) is 54.7 Å². The van der Waals surface area contributed by atoms with Crippen LogP contribution in [0.3, 0.4) is 0 Å². The molecule has 0 radical (unpaired) electrons. The summed E-state index contributed by atoms with van der Waals surface area (Å²) in [6, 6.07) is 8.85. The molecule has 3 heterocycles.